The van der Waals surface area contributed by atoms with Crippen LogP contribution < -0.4 is 5.32 Å². The first-order valence-corrected chi connectivity index (χ1v) is 6.89. The van der Waals surface area contributed by atoms with Crippen LogP contribution >= 0.6 is 0 Å². The summed E-state index contributed by atoms with van der Waals surface area (Å²) >= 11 is 0. The van der Waals surface area contributed by atoms with Gasteiger partial charge in [-0.15, -0.1) is 0 Å². The lowest BCUT2D eigenvalue weighted by molar-refractivity contribution is -0.136. The molecule has 0 unspecified atom stereocenters. The van der Waals surface area contributed by atoms with Crippen molar-refractivity contribution in [1.82, 2.24) is 15.1 Å². The van der Waals surface area contributed by atoms with Crippen molar-refractivity contribution in [1.29, 1.82) is 0 Å². The summed E-state index contributed by atoms with van der Waals surface area (Å²) in [6, 6.07) is -0.583. The number of carbonyl (C=O) groups is 2. The minimum Gasteiger partial charge on any atom is -0.456 e. The summed E-state index contributed by atoms with van der Waals surface area (Å²) in [4.78, 5) is 27.0. The molecule has 1 N–H and O–H groups in total. The highest BCUT2D eigenvalue weighted by molar-refractivity contribution is 5.92. The molecule has 7 heteroatoms. The third kappa shape index (κ3) is 2.06. The van der Waals surface area contributed by atoms with Gasteiger partial charge in [-0.25, -0.2) is 14.0 Å². The highest BCUT2D eigenvalue weighted by atomic mass is 19.1. The number of nitrogens with one attached hydrogen (secondary N) is 1. The summed E-state index contributed by atoms with van der Waals surface area (Å²) in [5.41, 5.74) is 1.09. The third-order valence-corrected chi connectivity index (χ3v) is 4.22. The molecule has 0 bridgehead atoms. The van der Waals surface area contributed by atoms with E-state index in [1.807, 2.05) is 0 Å². The molecule has 0 aromatic rings. The molecule has 3 rings (SSSR count). The van der Waals surface area contributed by atoms with Crippen molar-refractivity contribution in [3.8, 4) is 0 Å². The third-order valence-electron chi connectivity index (χ3n) is 4.22. The second kappa shape index (κ2) is 5.05. The average Bonchev–Trinajstić information content (AvgIpc) is 2.95. The predicted molar refractivity (Wildman–Crippen MR) is 68.6 cm³/mol. The van der Waals surface area contributed by atoms with Crippen molar-refractivity contribution in [2.24, 2.45) is 0 Å². The molecule has 3 aliphatic heterocycles. The van der Waals surface area contributed by atoms with Gasteiger partial charge in [-0.05, 0) is 19.9 Å². The number of alkyl halides is 1. The van der Waals surface area contributed by atoms with E-state index < -0.39 is 6.17 Å². The fourth-order valence-corrected chi connectivity index (χ4v) is 3.02. The number of carbonyl (C=O) groups excluding carboxylic acids is 2. The molecule has 0 saturated carbocycles. The molecule has 0 radical (unpaired) electrons. The number of hydrogen-bond acceptors (Lipinski definition) is 4. The Morgan fingerprint density at radius 1 is 1.35 bits per heavy atom. The highest BCUT2D eigenvalue weighted by Crippen LogP contribution is 2.27. The van der Waals surface area contributed by atoms with E-state index in [9.17, 15) is 14.0 Å². The molecule has 3 aliphatic rings. The first-order valence-electron chi connectivity index (χ1n) is 6.89. The number of ether oxygens (including phenoxy) is 1. The number of urea groups is 1. The first-order chi connectivity index (χ1) is 9.59. The van der Waals surface area contributed by atoms with Gasteiger partial charge in [-0.2, -0.15) is 0 Å². The Morgan fingerprint density at radius 2 is 2.15 bits per heavy atom. The van der Waals surface area contributed by atoms with Crippen LogP contribution in [-0.4, -0.2) is 66.8 Å². The molecule has 110 valence electrons. The van der Waals surface area contributed by atoms with Crippen LogP contribution in [0.4, 0.5) is 9.18 Å². The van der Waals surface area contributed by atoms with Crippen molar-refractivity contribution in [3.63, 3.8) is 0 Å². The van der Waals surface area contributed by atoms with Crippen LogP contribution in [0.3, 0.4) is 0 Å². The smallest absolute Gasteiger partial charge is 0.336 e. The van der Waals surface area contributed by atoms with Gasteiger partial charge >= 0.3 is 12.0 Å². The van der Waals surface area contributed by atoms with E-state index >= 15 is 0 Å². The number of amides is 2. The van der Waals surface area contributed by atoms with E-state index in [2.05, 4.69) is 5.32 Å². The van der Waals surface area contributed by atoms with Gasteiger partial charge in [0.05, 0.1) is 17.3 Å². The largest absolute Gasteiger partial charge is 0.456 e. The fraction of sp³-hybridized carbons (Fsp3) is 0.692. The van der Waals surface area contributed by atoms with Crippen LogP contribution in [0.1, 0.15) is 13.3 Å². The maximum absolute atomic E-state index is 14.0. The molecule has 2 atom stereocenters. The minimum absolute atomic E-state index is 0.134. The lowest BCUT2D eigenvalue weighted by Gasteiger charge is -2.34. The van der Waals surface area contributed by atoms with Gasteiger partial charge in [-0.1, -0.05) is 0 Å². The summed E-state index contributed by atoms with van der Waals surface area (Å²) in [7, 11) is 0. The van der Waals surface area contributed by atoms with Gasteiger partial charge in [0, 0.05) is 19.6 Å². The highest BCUT2D eigenvalue weighted by Gasteiger charge is 2.41. The van der Waals surface area contributed by atoms with Crippen molar-refractivity contribution >= 4 is 12.0 Å². The van der Waals surface area contributed by atoms with Crippen LogP contribution in [0, 0.1) is 0 Å². The molecule has 0 aromatic heterocycles. The van der Waals surface area contributed by atoms with Crippen molar-refractivity contribution in [2.75, 3.05) is 32.8 Å². The standard InChI is InChI=1S/C13H18FN3O3/c1-8-11(7-20-12(8)18)17-5-4-16(13(17)19)10-2-3-15-6-9(10)14/h9-10,15H,2-7H2,1H3/t9-,10+/m1/s1. The number of piperidine rings is 1. The Labute approximate surface area is 116 Å². The number of hydrogen-bond donors (Lipinski definition) is 1. The zero-order chi connectivity index (χ0) is 14.3. The van der Waals surface area contributed by atoms with Crippen LogP contribution in [0.5, 0.6) is 0 Å². The molecule has 2 fully saturated rings. The normalized spacial score (nSPS) is 31.3. The molecule has 6 nitrogen and oxygen atoms in total. The monoisotopic (exact) mass is 283 g/mol. The van der Waals surface area contributed by atoms with E-state index in [0.717, 1.165) is 6.54 Å². The van der Waals surface area contributed by atoms with Crippen LogP contribution in [0.15, 0.2) is 11.3 Å². The summed E-state index contributed by atoms with van der Waals surface area (Å²) in [5, 5.41) is 2.98. The van der Waals surface area contributed by atoms with Gasteiger partial charge in [0.1, 0.15) is 12.8 Å². The van der Waals surface area contributed by atoms with E-state index in [1.54, 1.807) is 16.7 Å². The molecule has 2 amide bonds. The Hall–Kier alpha value is -1.63. The Morgan fingerprint density at radius 3 is 2.80 bits per heavy atom. The lowest BCUT2D eigenvalue weighted by Crippen LogP contribution is -2.52. The van der Waals surface area contributed by atoms with Crippen LogP contribution in [-0.2, 0) is 9.53 Å². The topological polar surface area (TPSA) is 61.9 Å². The summed E-state index contributed by atoms with van der Waals surface area (Å²) in [6.07, 6.45) is -0.419. The maximum atomic E-state index is 14.0. The maximum Gasteiger partial charge on any atom is 0.336 e. The molecular weight excluding hydrogens is 265 g/mol. The zero-order valence-corrected chi connectivity index (χ0v) is 11.4. The number of esters is 1. The van der Waals surface area contributed by atoms with E-state index in [1.165, 1.54) is 0 Å². The van der Waals surface area contributed by atoms with Crippen molar-refractivity contribution in [2.45, 2.75) is 25.6 Å². The van der Waals surface area contributed by atoms with Crippen LogP contribution in [0.2, 0.25) is 0 Å². The molecule has 2 saturated heterocycles. The molecule has 0 aromatic carbocycles. The Bertz CT molecular complexity index is 479. The lowest BCUT2D eigenvalue weighted by atomic mass is 10.0. The Kier molecular flexibility index (Phi) is 3.37. The summed E-state index contributed by atoms with van der Waals surface area (Å²) in [5.74, 6) is -0.378. The molecule has 3 heterocycles. The number of rotatable bonds is 2. The molecular formula is C13H18FN3O3. The fourth-order valence-electron chi connectivity index (χ4n) is 3.02. The second-order valence-corrected chi connectivity index (χ2v) is 5.35. The molecule has 20 heavy (non-hydrogen) atoms. The number of cyclic esters (lactones) is 1. The molecule has 0 aliphatic carbocycles. The van der Waals surface area contributed by atoms with Crippen LogP contribution in [0.25, 0.3) is 0 Å². The predicted octanol–water partition coefficient (Wildman–Crippen LogP) is 0.255. The first kappa shape index (κ1) is 13.4. The van der Waals surface area contributed by atoms with E-state index in [0.29, 0.717) is 30.8 Å². The number of nitrogens with zero attached hydrogens (tertiary/aromatic N) is 2. The summed E-state index contributed by atoms with van der Waals surface area (Å²) < 4.78 is 18.9. The second-order valence-electron chi connectivity index (χ2n) is 5.35. The zero-order valence-electron chi connectivity index (χ0n) is 11.4. The van der Waals surface area contributed by atoms with Gasteiger partial charge in [0.25, 0.3) is 0 Å². The van der Waals surface area contributed by atoms with Crippen molar-refractivity contribution in [3.05, 3.63) is 11.3 Å². The van der Waals surface area contributed by atoms with E-state index in [4.69, 9.17) is 4.74 Å². The van der Waals surface area contributed by atoms with Gasteiger partial charge < -0.3 is 15.0 Å². The Balaban J connectivity index is 1.76. The summed E-state index contributed by atoms with van der Waals surface area (Å²) in [6.45, 7) is 3.78. The van der Waals surface area contributed by atoms with E-state index in [-0.39, 0.29) is 31.2 Å². The number of halogens is 1. The SMILES string of the molecule is CC1=C(N2CCN([C@H]3CCNC[C@H]3F)C2=O)COC1=O. The average molecular weight is 283 g/mol. The van der Waals surface area contributed by atoms with Gasteiger partial charge in [-0.3, -0.25) is 4.90 Å². The van der Waals surface area contributed by atoms with Crippen molar-refractivity contribution < 1.29 is 18.7 Å². The van der Waals surface area contributed by atoms with Gasteiger partial charge in [0.15, 0.2) is 0 Å². The van der Waals surface area contributed by atoms with Gasteiger partial charge in [0.2, 0.25) is 0 Å². The molecule has 0 spiro atoms. The quantitative estimate of drug-likeness (QED) is 0.738. The minimum atomic E-state index is -1.04.